The van der Waals surface area contributed by atoms with Gasteiger partial charge in [0.2, 0.25) is 0 Å². The van der Waals surface area contributed by atoms with Gasteiger partial charge in [0.1, 0.15) is 0 Å². The minimum absolute atomic E-state index is 0.695. The molecule has 1 N–H and O–H groups in total. The fourth-order valence-electron chi connectivity index (χ4n) is 3.83. The van der Waals surface area contributed by atoms with Gasteiger partial charge in [-0.25, -0.2) is 0 Å². The summed E-state index contributed by atoms with van der Waals surface area (Å²) in [6.45, 7) is 10.3. The van der Waals surface area contributed by atoms with E-state index in [4.69, 9.17) is 23.8 Å². The summed E-state index contributed by atoms with van der Waals surface area (Å²) in [5, 5.41) is 13.8. The van der Waals surface area contributed by atoms with Gasteiger partial charge in [-0.05, 0) is 37.7 Å². The van der Waals surface area contributed by atoms with Crippen LogP contribution in [0.25, 0.3) is 0 Å². The maximum absolute atomic E-state index is 6.30. The van der Waals surface area contributed by atoms with Crippen molar-refractivity contribution in [1.82, 2.24) is 29.4 Å². The number of aryl methyl sites for hydroxylation is 1. The number of benzene rings is 1. The topological polar surface area (TPSA) is 54.2 Å². The lowest BCUT2D eigenvalue weighted by molar-refractivity contribution is 0.177. The summed E-state index contributed by atoms with van der Waals surface area (Å²) < 4.78 is 3.91. The van der Waals surface area contributed by atoms with Crippen molar-refractivity contribution in [2.75, 3.05) is 31.5 Å². The Balaban J connectivity index is 1.27. The first kappa shape index (κ1) is 21.8. The minimum atomic E-state index is 0.695. The molecule has 164 valence electrons. The molecule has 0 atom stereocenters. The molecule has 1 saturated heterocycles. The van der Waals surface area contributed by atoms with E-state index >= 15 is 0 Å². The number of nitrogens with one attached hydrogen (secondary N) is 1. The molecule has 3 aromatic rings. The molecular formula is C22H28ClN7S. The molecule has 31 heavy (non-hydrogen) atoms. The Morgan fingerprint density at radius 2 is 1.84 bits per heavy atom. The van der Waals surface area contributed by atoms with E-state index in [0.29, 0.717) is 6.54 Å². The molecule has 0 radical (unpaired) electrons. The fourth-order valence-corrected chi connectivity index (χ4v) is 4.32. The quantitative estimate of drug-likeness (QED) is 0.570. The highest BCUT2D eigenvalue weighted by Crippen LogP contribution is 2.18. The van der Waals surface area contributed by atoms with Crippen molar-refractivity contribution < 1.29 is 0 Å². The second-order valence-corrected chi connectivity index (χ2v) is 8.58. The van der Waals surface area contributed by atoms with Gasteiger partial charge in [0.25, 0.3) is 0 Å². The number of nitrogens with zero attached hydrogens (tertiary/aromatic N) is 6. The first-order valence-corrected chi connectivity index (χ1v) is 11.4. The van der Waals surface area contributed by atoms with Crippen molar-refractivity contribution in [3.05, 3.63) is 64.7 Å². The molecule has 7 nitrogen and oxygen atoms in total. The number of anilines is 1. The van der Waals surface area contributed by atoms with Gasteiger partial charge in [-0.2, -0.15) is 10.2 Å². The van der Waals surface area contributed by atoms with Crippen LogP contribution in [0.4, 0.5) is 5.69 Å². The molecule has 0 amide bonds. The van der Waals surface area contributed by atoms with E-state index in [2.05, 4.69) is 45.2 Å². The predicted molar refractivity (Wildman–Crippen MR) is 128 cm³/mol. The van der Waals surface area contributed by atoms with Crippen LogP contribution in [0.1, 0.15) is 23.7 Å². The van der Waals surface area contributed by atoms with E-state index in [0.717, 1.165) is 55.1 Å². The van der Waals surface area contributed by atoms with Gasteiger partial charge in [0.15, 0.2) is 5.11 Å². The largest absolute Gasteiger partial charge is 0.346 e. The predicted octanol–water partition coefficient (Wildman–Crippen LogP) is 3.62. The van der Waals surface area contributed by atoms with Crippen molar-refractivity contribution in [2.45, 2.75) is 33.5 Å². The van der Waals surface area contributed by atoms with Gasteiger partial charge in [-0.15, -0.1) is 0 Å². The first-order chi connectivity index (χ1) is 15.0. The van der Waals surface area contributed by atoms with E-state index < -0.39 is 0 Å². The van der Waals surface area contributed by atoms with Crippen LogP contribution in [0.15, 0.2) is 42.9 Å². The summed E-state index contributed by atoms with van der Waals surface area (Å²) in [5.41, 5.74) is 4.43. The van der Waals surface area contributed by atoms with Gasteiger partial charge in [0.05, 0.1) is 24.6 Å². The summed E-state index contributed by atoms with van der Waals surface area (Å²) in [4.78, 5) is 4.63. The Morgan fingerprint density at radius 1 is 1.06 bits per heavy atom. The zero-order valence-corrected chi connectivity index (χ0v) is 19.5. The number of piperazine rings is 1. The second kappa shape index (κ2) is 9.80. The molecule has 0 spiro atoms. The molecule has 0 saturated carbocycles. The van der Waals surface area contributed by atoms with Crippen molar-refractivity contribution in [3.8, 4) is 0 Å². The van der Waals surface area contributed by atoms with Crippen molar-refractivity contribution in [3.63, 3.8) is 0 Å². The van der Waals surface area contributed by atoms with E-state index in [9.17, 15) is 0 Å². The van der Waals surface area contributed by atoms with Crippen LogP contribution >= 0.6 is 23.8 Å². The third-order valence-electron chi connectivity index (χ3n) is 5.73. The third-order valence-corrected chi connectivity index (χ3v) is 6.46. The highest BCUT2D eigenvalue weighted by molar-refractivity contribution is 7.80. The Hall–Kier alpha value is -2.42. The Bertz CT molecular complexity index is 1040. The monoisotopic (exact) mass is 457 g/mol. The van der Waals surface area contributed by atoms with E-state index in [1.165, 1.54) is 16.8 Å². The normalized spacial score (nSPS) is 14.7. The summed E-state index contributed by atoms with van der Waals surface area (Å²) in [6.07, 6.45) is 5.72. The summed E-state index contributed by atoms with van der Waals surface area (Å²) >= 11 is 12.0. The lowest BCUT2D eigenvalue weighted by atomic mass is 10.2. The van der Waals surface area contributed by atoms with Crippen molar-refractivity contribution >= 4 is 34.6 Å². The van der Waals surface area contributed by atoms with Gasteiger partial charge in [0, 0.05) is 61.7 Å². The molecule has 2 aromatic heterocycles. The molecule has 0 unspecified atom stereocenters. The van der Waals surface area contributed by atoms with E-state index in [-0.39, 0.29) is 0 Å². The maximum atomic E-state index is 6.30. The zero-order valence-electron chi connectivity index (χ0n) is 18.0. The van der Waals surface area contributed by atoms with Crippen LogP contribution in [0.3, 0.4) is 0 Å². The zero-order chi connectivity index (χ0) is 21.8. The molecule has 1 aromatic carbocycles. The van der Waals surface area contributed by atoms with Crippen LogP contribution in [0, 0.1) is 6.92 Å². The number of thiocarbonyl (C=S) groups is 1. The molecule has 3 heterocycles. The van der Waals surface area contributed by atoms with Crippen molar-refractivity contribution in [2.24, 2.45) is 0 Å². The molecule has 9 heteroatoms. The Kier molecular flexibility index (Phi) is 6.89. The molecule has 4 rings (SSSR count). The number of rotatable bonds is 6. The maximum Gasteiger partial charge on any atom is 0.173 e. The smallest absolute Gasteiger partial charge is 0.173 e. The lowest BCUT2D eigenvalue weighted by Crippen LogP contribution is -2.49. The Morgan fingerprint density at radius 3 is 2.55 bits per heavy atom. The molecule has 1 fully saturated rings. The van der Waals surface area contributed by atoms with E-state index in [1.54, 1.807) is 0 Å². The second-order valence-electron chi connectivity index (χ2n) is 7.78. The standard InChI is InChI=1S/C22H28ClN7S/c1-3-30-17(2)19(12-25-30)15-29-16-20(13-24-29)26-22(31)28-10-8-27(9-11-28)14-18-6-4-5-7-21(18)23/h4-7,12-13,16H,3,8-11,14-15H2,1-2H3,(H,26,31). The molecule has 0 aliphatic carbocycles. The van der Waals surface area contributed by atoms with Crippen LogP contribution < -0.4 is 5.32 Å². The minimum Gasteiger partial charge on any atom is -0.346 e. The highest BCUT2D eigenvalue weighted by atomic mass is 35.5. The van der Waals surface area contributed by atoms with Crippen molar-refractivity contribution in [1.29, 1.82) is 0 Å². The summed E-state index contributed by atoms with van der Waals surface area (Å²) in [6, 6.07) is 8.04. The third kappa shape index (κ3) is 5.26. The molecule has 0 bridgehead atoms. The number of halogens is 1. The first-order valence-electron chi connectivity index (χ1n) is 10.6. The van der Waals surface area contributed by atoms with Gasteiger partial charge < -0.3 is 10.2 Å². The van der Waals surface area contributed by atoms with Gasteiger partial charge >= 0.3 is 0 Å². The molecular weight excluding hydrogens is 430 g/mol. The average Bonchev–Trinajstić information content (AvgIpc) is 3.36. The highest BCUT2D eigenvalue weighted by Gasteiger charge is 2.20. The van der Waals surface area contributed by atoms with Crippen LogP contribution in [-0.4, -0.2) is 60.7 Å². The van der Waals surface area contributed by atoms with E-state index in [1.807, 2.05) is 46.2 Å². The summed E-state index contributed by atoms with van der Waals surface area (Å²) in [7, 11) is 0. The lowest BCUT2D eigenvalue weighted by Gasteiger charge is -2.36. The SMILES string of the molecule is CCn1ncc(Cn2cc(NC(=S)N3CCN(Cc4ccccc4Cl)CC3)cn2)c1C. The van der Waals surface area contributed by atoms with Gasteiger partial charge in [-0.3, -0.25) is 14.3 Å². The number of aromatic nitrogens is 4. The van der Waals surface area contributed by atoms with Gasteiger partial charge in [-0.1, -0.05) is 29.8 Å². The van der Waals surface area contributed by atoms with Crippen LogP contribution in [0.5, 0.6) is 0 Å². The van der Waals surface area contributed by atoms with Crippen LogP contribution in [-0.2, 0) is 19.6 Å². The average molecular weight is 458 g/mol. The summed E-state index contributed by atoms with van der Waals surface area (Å²) in [5.74, 6) is 0. The number of hydrogen-bond acceptors (Lipinski definition) is 4. The fraction of sp³-hybridized carbons (Fsp3) is 0.409. The van der Waals surface area contributed by atoms with Crippen LogP contribution in [0.2, 0.25) is 5.02 Å². The Labute approximate surface area is 193 Å². The molecule has 1 aliphatic heterocycles. The molecule has 1 aliphatic rings. The number of hydrogen-bond donors (Lipinski definition) is 1.